The minimum absolute atomic E-state index is 0.0834. The summed E-state index contributed by atoms with van der Waals surface area (Å²) in [6.45, 7) is 1.76. The first-order valence-corrected chi connectivity index (χ1v) is 4.76. The van der Waals surface area contributed by atoms with Crippen LogP contribution in [0, 0.1) is 0 Å². The van der Waals surface area contributed by atoms with E-state index in [0.717, 1.165) is 0 Å². The van der Waals surface area contributed by atoms with Crippen LogP contribution in [-0.4, -0.2) is 35.0 Å². The highest BCUT2D eigenvalue weighted by Gasteiger charge is 2.09. The van der Waals surface area contributed by atoms with Crippen LogP contribution in [-0.2, 0) is 9.53 Å². The molecule has 0 aromatic carbocycles. The highest BCUT2D eigenvalue weighted by molar-refractivity contribution is 5.95. The maximum absolute atomic E-state index is 10.9. The second kappa shape index (κ2) is 6.20. The van der Waals surface area contributed by atoms with Gasteiger partial charge in [0.1, 0.15) is 5.69 Å². The van der Waals surface area contributed by atoms with Crippen molar-refractivity contribution < 1.29 is 14.3 Å². The van der Waals surface area contributed by atoms with Gasteiger partial charge in [0, 0.05) is 0 Å². The molecule has 1 aromatic heterocycles. The van der Waals surface area contributed by atoms with Crippen LogP contribution in [0.5, 0.6) is 0 Å². The maximum atomic E-state index is 10.9. The Morgan fingerprint density at radius 3 is 3.06 bits per heavy atom. The topological polar surface area (TPSA) is 135 Å². The summed E-state index contributed by atoms with van der Waals surface area (Å²) in [5, 5.41) is 6.96. The van der Waals surface area contributed by atoms with E-state index in [9.17, 15) is 9.59 Å². The molecule has 4 N–H and O–H groups in total. The number of amides is 1. The molecule has 1 aromatic rings. The van der Waals surface area contributed by atoms with E-state index >= 15 is 0 Å². The van der Waals surface area contributed by atoms with E-state index in [-0.39, 0.29) is 24.7 Å². The van der Waals surface area contributed by atoms with Gasteiger partial charge in [-0.3, -0.25) is 4.79 Å². The fourth-order valence-corrected chi connectivity index (χ4v) is 0.949. The zero-order valence-corrected chi connectivity index (χ0v) is 9.14. The lowest BCUT2D eigenvalue weighted by molar-refractivity contribution is -0.141. The zero-order valence-electron chi connectivity index (χ0n) is 9.14. The predicted molar refractivity (Wildman–Crippen MR) is 57.1 cm³/mol. The first-order chi connectivity index (χ1) is 8.15. The fraction of sp³-hybridized carbons (Fsp3) is 0.375. The number of hydrogen-bond acceptors (Lipinski definition) is 6. The van der Waals surface area contributed by atoms with Crippen molar-refractivity contribution >= 4 is 17.7 Å². The lowest BCUT2D eigenvalue weighted by Crippen LogP contribution is -2.13. The van der Waals surface area contributed by atoms with Crippen molar-refractivity contribution in [1.29, 1.82) is 0 Å². The minimum Gasteiger partial charge on any atom is -0.465 e. The zero-order chi connectivity index (χ0) is 12.7. The molecular formula is C8H12N6O3. The number of hydrogen-bond donors (Lipinski definition) is 3. The van der Waals surface area contributed by atoms with E-state index in [1.165, 1.54) is 6.33 Å². The van der Waals surface area contributed by atoms with Crippen LogP contribution in [0.15, 0.2) is 16.7 Å². The van der Waals surface area contributed by atoms with Gasteiger partial charge in [-0.15, -0.1) is 0 Å². The number of esters is 1. The van der Waals surface area contributed by atoms with Crippen LogP contribution in [0.25, 0.3) is 0 Å². The third-order valence-electron chi connectivity index (χ3n) is 1.62. The number of rotatable bonds is 6. The molecule has 0 aliphatic rings. The van der Waals surface area contributed by atoms with Crippen molar-refractivity contribution in [3.05, 3.63) is 12.0 Å². The number of nitrogens with zero attached hydrogens (tertiary/aromatic N) is 3. The summed E-state index contributed by atoms with van der Waals surface area (Å²) >= 11 is 0. The number of aromatic amines is 1. The lowest BCUT2D eigenvalue weighted by atomic mass is 10.4. The monoisotopic (exact) mass is 240 g/mol. The van der Waals surface area contributed by atoms with E-state index in [2.05, 4.69) is 30.5 Å². The molecule has 0 atom stereocenters. The Morgan fingerprint density at radius 2 is 2.41 bits per heavy atom. The average molecular weight is 240 g/mol. The Morgan fingerprint density at radius 1 is 1.65 bits per heavy atom. The van der Waals surface area contributed by atoms with Crippen molar-refractivity contribution in [2.24, 2.45) is 16.1 Å². The summed E-state index contributed by atoms with van der Waals surface area (Å²) in [6.07, 6.45) is 1.28. The van der Waals surface area contributed by atoms with Gasteiger partial charge in [-0.2, -0.15) is 5.11 Å². The van der Waals surface area contributed by atoms with Crippen molar-refractivity contribution in [2.45, 2.75) is 6.92 Å². The predicted octanol–water partition coefficient (Wildman–Crippen LogP) is -0.149. The summed E-state index contributed by atoms with van der Waals surface area (Å²) in [7, 11) is 0. The molecule has 92 valence electrons. The van der Waals surface area contributed by atoms with Gasteiger partial charge in [0.15, 0.2) is 12.4 Å². The molecule has 1 heterocycles. The van der Waals surface area contributed by atoms with E-state index in [0.29, 0.717) is 0 Å². The number of aromatic nitrogens is 2. The number of primary amides is 1. The standard InChI is InChI=1S/C8H12N6O3/c1-2-17-5(15)3-12-14-13-8-6(7(9)16)10-4-11-8/h4H,2-3H2,1H3,(H2,9,16)(H,10,11)(H,12,13). The normalized spacial score (nSPS) is 10.4. The maximum Gasteiger partial charge on any atom is 0.329 e. The van der Waals surface area contributed by atoms with E-state index in [1.807, 2.05) is 0 Å². The molecule has 0 radical (unpaired) electrons. The molecule has 1 amide bonds. The quantitative estimate of drug-likeness (QED) is 0.361. The smallest absolute Gasteiger partial charge is 0.329 e. The summed E-state index contributed by atoms with van der Waals surface area (Å²) in [6, 6.07) is 0. The van der Waals surface area contributed by atoms with Crippen LogP contribution < -0.4 is 11.2 Å². The first kappa shape index (κ1) is 12.6. The number of nitrogens with two attached hydrogens (primary N) is 1. The van der Waals surface area contributed by atoms with Crippen molar-refractivity contribution in [1.82, 2.24) is 9.97 Å². The molecule has 17 heavy (non-hydrogen) atoms. The number of ether oxygens (including phenoxy) is 1. The highest BCUT2D eigenvalue weighted by atomic mass is 16.5. The summed E-state index contributed by atoms with van der Waals surface area (Å²) in [5.41, 5.74) is 7.52. The van der Waals surface area contributed by atoms with Gasteiger partial charge >= 0.3 is 5.97 Å². The number of imidazole rings is 1. The van der Waals surface area contributed by atoms with Crippen LogP contribution in [0.4, 0.5) is 5.82 Å². The van der Waals surface area contributed by atoms with E-state index < -0.39 is 11.9 Å². The highest BCUT2D eigenvalue weighted by Crippen LogP contribution is 2.07. The fourth-order valence-electron chi connectivity index (χ4n) is 0.949. The van der Waals surface area contributed by atoms with Gasteiger partial charge in [0.2, 0.25) is 0 Å². The largest absolute Gasteiger partial charge is 0.465 e. The first-order valence-electron chi connectivity index (χ1n) is 4.76. The molecule has 0 bridgehead atoms. The SMILES string of the molecule is CCOC(=O)CN=NNc1nc[nH]c1C(N)=O. The van der Waals surface area contributed by atoms with Gasteiger partial charge in [-0.25, -0.2) is 15.2 Å². The summed E-state index contributed by atoms with van der Waals surface area (Å²) in [4.78, 5) is 28.0. The van der Waals surface area contributed by atoms with Crippen molar-refractivity contribution in [3.63, 3.8) is 0 Å². The van der Waals surface area contributed by atoms with E-state index in [1.54, 1.807) is 6.92 Å². The van der Waals surface area contributed by atoms with Gasteiger partial charge in [-0.05, 0) is 6.92 Å². The van der Waals surface area contributed by atoms with Crippen molar-refractivity contribution in [3.8, 4) is 0 Å². The van der Waals surface area contributed by atoms with Gasteiger partial charge < -0.3 is 15.5 Å². The molecular weight excluding hydrogens is 228 g/mol. The Bertz CT molecular complexity index is 427. The van der Waals surface area contributed by atoms with Crippen LogP contribution >= 0.6 is 0 Å². The Labute approximate surface area is 96.4 Å². The number of anilines is 1. The number of H-pyrrole nitrogens is 1. The molecule has 1 rings (SSSR count). The number of carbonyl (C=O) groups is 2. The molecule has 0 spiro atoms. The Kier molecular flexibility index (Phi) is 4.60. The number of nitrogens with one attached hydrogen (secondary N) is 2. The second-order valence-corrected chi connectivity index (χ2v) is 2.81. The molecule has 0 saturated carbocycles. The molecule has 9 heteroatoms. The van der Waals surface area contributed by atoms with Crippen molar-refractivity contribution in [2.75, 3.05) is 18.6 Å². The minimum atomic E-state index is -0.675. The molecule has 0 unspecified atom stereocenters. The second-order valence-electron chi connectivity index (χ2n) is 2.81. The Hall–Kier alpha value is -2.45. The number of carbonyl (C=O) groups excluding carboxylic acids is 2. The van der Waals surface area contributed by atoms with Gasteiger partial charge in [0.05, 0.1) is 12.9 Å². The molecule has 9 nitrogen and oxygen atoms in total. The van der Waals surface area contributed by atoms with Crippen LogP contribution in [0.2, 0.25) is 0 Å². The molecule has 0 saturated heterocycles. The van der Waals surface area contributed by atoms with Gasteiger partial charge in [-0.1, -0.05) is 5.22 Å². The third-order valence-corrected chi connectivity index (χ3v) is 1.62. The Balaban J connectivity index is 2.45. The van der Waals surface area contributed by atoms with Gasteiger partial charge in [0.25, 0.3) is 5.91 Å². The molecule has 0 aliphatic carbocycles. The lowest BCUT2D eigenvalue weighted by Gasteiger charge is -1.97. The molecule has 0 aliphatic heterocycles. The van der Waals surface area contributed by atoms with Crippen LogP contribution in [0.3, 0.4) is 0 Å². The average Bonchev–Trinajstić information content (AvgIpc) is 2.73. The third kappa shape index (κ3) is 3.89. The summed E-state index contributed by atoms with van der Waals surface area (Å²) in [5.74, 6) is -1.02. The van der Waals surface area contributed by atoms with Crippen LogP contribution in [0.1, 0.15) is 17.4 Å². The molecule has 0 fully saturated rings. The van der Waals surface area contributed by atoms with E-state index in [4.69, 9.17) is 5.73 Å². The summed E-state index contributed by atoms with van der Waals surface area (Å²) < 4.78 is 4.62.